The Labute approximate surface area is 97.7 Å². The molecule has 0 aromatic heterocycles. The van der Waals surface area contributed by atoms with E-state index in [1.807, 2.05) is 6.92 Å². The molecule has 0 amide bonds. The Morgan fingerprint density at radius 2 is 2.19 bits per heavy atom. The Balaban J connectivity index is 2.09. The molecule has 1 N–H and O–H groups in total. The second-order valence-corrected chi connectivity index (χ2v) is 4.25. The van der Waals surface area contributed by atoms with E-state index in [-0.39, 0.29) is 5.97 Å². The van der Waals surface area contributed by atoms with Gasteiger partial charge in [-0.1, -0.05) is 0 Å². The predicted octanol–water partition coefficient (Wildman–Crippen LogP) is 1.34. The highest BCUT2D eigenvalue weighted by atomic mass is 16.5. The van der Waals surface area contributed by atoms with Crippen molar-refractivity contribution in [1.82, 2.24) is 5.32 Å². The number of esters is 1. The number of ether oxygens (including phenoxy) is 2. The van der Waals surface area contributed by atoms with Crippen molar-refractivity contribution in [1.29, 1.82) is 0 Å². The van der Waals surface area contributed by atoms with Crippen molar-refractivity contribution in [2.45, 2.75) is 39.2 Å². The minimum atomic E-state index is -0.117. The molecule has 0 spiro atoms. The highest BCUT2D eigenvalue weighted by Crippen LogP contribution is 2.18. The summed E-state index contributed by atoms with van der Waals surface area (Å²) in [5.74, 6) is 0.560. The minimum Gasteiger partial charge on any atom is -0.466 e. The average Bonchev–Trinajstić information content (AvgIpc) is 2.30. The Morgan fingerprint density at radius 3 is 2.81 bits per heavy atom. The molecule has 4 nitrogen and oxygen atoms in total. The number of hydrogen-bond acceptors (Lipinski definition) is 4. The van der Waals surface area contributed by atoms with Crippen LogP contribution in [-0.2, 0) is 14.3 Å². The third-order valence-electron chi connectivity index (χ3n) is 3.07. The highest BCUT2D eigenvalue weighted by Gasteiger charge is 2.19. The van der Waals surface area contributed by atoms with Crippen LogP contribution in [0.15, 0.2) is 0 Å². The molecule has 1 unspecified atom stereocenters. The van der Waals surface area contributed by atoms with Crippen LogP contribution in [0.3, 0.4) is 0 Å². The van der Waals surface area contributed by atoms with E-state index in [0.29, 0.717) is 31.5 Å². The van der Waals surface area contributed by atoms with Crippen LogP contribution in [0.1, 0.15) is 33.1 Å². The highest BCUT2D eigenvalue weighted by molar-refractivity contribution is 5.69. The normalized spacial score (nSPS) is 19.4. The molecular weight excluding hydrogens is 206 g/mol. The molecule has 0 aliphatic carbocycles. The Kier molecular flexibility index (Phi) is 6.42. The molecule has 1 rings (SSSR count). The summed E-state index contributed by atoms with van der Waals surface area (Å²) in [6.45, 7) is 6.92. The maximum atomic E-state index is 11.1. The van der Waals surface area contributed by atoms with Gasteiger partial charge < -0.3 is 14.8 Å². The van der Waals surface area contributed by atoms with Gasteiger partial charge in [-0.05, 0) is 32.6 Å². The summed E-state index contributed by atoms with van der Waals surface area (Å²) < 4.78 is 10.2. The largest absolute Gasteiger partial charge is 0.466 e. The van der Waals surface area contributed by atoms with E-state index >= 15 is 0 Å². The van der Waals surface area contributed by atoms with E-state index in [0.717, 1.165) is 26.1 Å². The summed E-state index contributed by atoms with van der Waals surface area (Å²) in [6, 6.07) is 0.457. The maximum absolute atomic E-state index is 11.1. The second kappa shape index (κ2) is 7.63. The average molecular weight is 229 g/mol. The van der Waals surface area contributed by atoms with Crippen LogP contribution in [0.4, 0.5) is 0 Å². The number of rotatable bonds is 6. The van der Waals surface area contributed by atoms with Gasteiger partial charge in [-0.15, -0.1) is 0 Å². The molecular formula is C12H23NO3. The summed E-state index contributed by atoms with van der Waals surface area (Å²) in [7, 11) is 0. The Bertz CT molecular complexity index is 202. The van der Waals surface area contributed by atoms with Gasteiger partial charge in [0.2, 0.25) is 0 Å². The van der Waals surface area contributed by atoms with Crippen LogP contribution >= 0.6 is 0 Å². The molecule has 1 fully saturated rings. The van der Waals surface area contributed by atoms with Crippen LogP contribution in [0, 0.1) is 5.92 Å². The fourth-order valence-corrected chi connectivity index (χ4v) is 2.02. The molecule has 1 heterocycles. The first kappa shape index (κ1) is 13.5. The van der Waals surface area contributed by atoms with Gasteiger partial charge in [-0.2, -0.15) is 0 Å². The third kappa shape index (κ3) is 4.94. The Morgan fingerprint density at radius 1 is 1.50 bits per heavy atom. The molecule has 0 bridgehead atoms. The van der Waals surface area contributed by atoms with Gasteiger partial charge in [-0.25, -0.2) is 0 Å². The van der Waals surface area contributed by atoms with E-state index in [2.05, 4.69) is 12.2 Å². The van der Waals surface area contributed by atoms with E-state index in [1.54, 1.807) is 0 Å². The van der Waals surface area contributed by atoms with Crippen LogP contribution in [0.2, 0.25) is 0 Å². The molecule has 0 saturated carbocycles. The monoisotopic (exact) mass is 229 g/mol. The van der Waals surface area contributed by atoms with Gasteiger partial charge >= 0.3 is 5.97 Å². The van der Waals surface area contributed by atoms with Crippen molar-refractivity contribution in [3.05, 3.63) is 0 Å². The number of nitrogens with one attached hydrogen (secondary N) is 1. The molecule has 16 heavy (non-hydrogen) atoms. The van der Waals surface area contributed by atoms with Gasteiger partial charge in [0, 0.05) is 25.8 Å². The van der Waals surface area contributed by atoms with Gasteiger partial charge in [-0.3, -0.25) is 4.79 Å². The third-order valence-corrected chi connectivity index (χ3v) is 3.07. The predicted molar refractivity (Wildman–Crippen MR) is 62.3 cm³/mol. The van der Waals surface area contributed by atoms with Gasteiger partial charge in [0.25, 0.3) is 0 Å². The molecule has 0 aromatic rings. The number of carbonyl (C=O) groups excluding carboxylic acids is 1. The quantitative estimate of drug-likeness (QED) is 0.698. The van der Waals surface area contributed by atoms with Gasteiger partial charge in [0.15, 0.2) is 0 Å². The molecule has 1 aliphatic rings. The standard InChI is InChI=1S/C12H23NO3/c1-3-16-12(14)4-7-13-10(2)11-5-8-15-9-6-11/h10-11,13H,3-9H2,1-2H3. The molecule has 0 radical (unpaired) electrons. The lowest BCUT2D eigenvalue weighted by Crippen LogP contribution is -2.37. The summed E-state index contributed by atoms with van der Waals surface area (Å²) in [5, 5.41) is 3.39. The van der Waals surface area contributed by atoms with Gasteiger partial charge in [0.1, 0.15) is 0 Å². The van der Waals surface area contributed by atoms with Crippen molar-refractivity contribution in [2.75, 3.05) is 26.4 Å². The first-order valence-corrected chi connectivity index (χ1v) is 6.20. The first-order valence-electron chi connectivity index (χ1n) is 6.20. The zero-order valence-electron chi connectivity index (χ0n) is 10.3. The summed E-state index contributed by atoms with van der Waals surface area (Å²) in [4.78, 5) is 11.1. The van der Waals surface area contributed by atoms with Crippen LogP contribution in [-0.4, -0.2) is 38.4 Å². The molecule has 1 aliphatic heterocycles. The zero-order chi connectivity index (χ0) is 11.8. The van der Waals surface area contributed by atoms with Crippen LogP contribution < -0.4 is 5.32 Å². The van der Waals surface area contributed by atoms with Crippen molar-refractivity contribution in [2.24, 2.45) is 5.92 Å². The molecule has 4 heteroatoms. The lowest BCUT2D eigenvalue weighted by atomic mass is 9.93. The topological polar surface area (TPSA) is 47.6 Å². The smallest absolute Gasteiger partial charge is 0.307 e. The zero-order valence-corrected chi connectivity index (χ0v) is 10.3. The lowest BCUT2D eigenvalue weighted by molar-refractivity contribution is -0.143. The SMILES string of the molecule is CCOC(=O)CCNC(C)C1CCOCC1. The molecule has 1 atom stereocenters. The van der Waals surface area contributed by atoms with Crippen LogP contribution in [0.25, 0.3) is 0 Å². The van der Waals surface area contributed by atoms with Crippen molar-refractivity contribution >= 4 is 5.97 Å². The summed E-state index contributed by atoms with van der Waals surface area (Å²) in [6.07, 6.45) is 2.70. The van der Waals surface area contributed by atoms with E-state index in [1.165, 1.54) is 0 Å². The van der Waals surface area contributed by atoms with Crippen LogP contribution in [0.5, 0.6) is 0 Å². The van der Waals surface area contributed by atoms with Crippen molar-refractivity contribution in [3.63, 3.8) is 0 Å². The molecule has 0 aromatic carbocycles. The minimum absolute atomic E-state index is 0.117. The molecule has 94 valence electrons. The summed E-state index contributed by atoms with van der Waals surface area (Å²) in [5.41, 5.74) is 0. The molecule has 1 saturated heterocycles. The first-order chi connectivity index (χ1) is 7.74. The lowest BCUT2D eigenvalue weighted by Gasteiger charge is -2.28. The van der Waals surface area contributed by atoms with Crippen molar-refractivity contribution in [3.8, 4) is 0 Å². The summed E-state index contributed by atoms with van der Waals surface area (Å²) >= 11 is 0. The van der Waals surface area contributed by atoms with E-state index < -0.39 is 0 Å². The van der Waals surface area contributed by atoms with Crippen molar-refractivity contribution < 1.29 is 14.3 Å². The number of hydrogen-bond donors (Lipinski definition) is 1. The maximum Gasteiger partial charge on any atom is 0.307 e. The fraction of sp³-hybridized carbons (Fsp3) is 0.917. The van der Waals surface area contributed by atoms with Gasteiger partial charge in [0.05, 0.1) is 13.0 Å². The second-order valence-electron chi connectivity index (χ2n) is 4.25. The fourth-order valence-electron chi connectivity index (χ4n) is 2.02. The van der Waals surface area contributed by atoms with E-state index in [9.17, 15) is 4.79 Å². The van der Waals surface area contributed by atoms with E-state index in [4.69, 9.17) is 9.47 Å². The number of carbonyl (C=O) groups is 1. The Hall–Kier alpha value is -0.610.